The molecule has 0 saturated carbocycles. The van der Waals surface area contributed by atoms with E-state index in [1.807, 2.05) is 43.9 Å². The number of carbonyl (C=O) groups is 1. The number of hydrogen-bond donors (Lipinski definition) is 1. The van der Waals surface area contributed by atoms with Gasteiger partial charge in [-0.2, -0.15) is 0 Å². The Bertz CT molecular complexity index is 1110. The molecule has 176 valence electrons. The van der Waals surface area contributed by atoms with Crippen LogP contribution in [0.1, 0.15) is 23.6 Å². The maximum Gasteiger partial charge on any atom is 0.362 e. The summed E-state index contributed by atoms with van der Waals surface area (Å²) in [5, 5.41) is 19.9. The van der Waals surface area contributed by atoms with E-state index in [1.165, 1.54) is 14.2 Å². The Labute approximate surface area is 202 Å². The predicted molar refractivity (Wildman–Crippen MR) is 130 cm³/mol. The van der Waals surface area contributed by atoms with Crippen LogP contribution in [-0.2, 0) is 19.7 Å². The minimum atomic E-state index is -2.29. The molecule has 0 aliphatic carbocycles. The molecule has 3 rings (SSSR count). The molecular formula is C23H27BrN2O6Si. The maximum absolute atomic E-state index is 12.6. The van der Waals surface area contributed by atoms with Gasteiger partial charge in [0.2, 0.25) is 11.4 Å². The third-order valence-electron chi connectivity index (χ3n) is 4.82. The van der Waals surface area contributed by atoms with Crippen molar-refractivity contribution in [3.05, 3.63) is 63.3 Å². The zero-order valence-corrected chi connectivity index (χ0v) is 22.0. The largest absolute Gasteiger partial charge is 0.505 e. The van der Waals surface area contributed by atoms with E-state index in [1.54, 1.807) is 19.1 Å². The van der Waals surface area contributed by atoms with Gasteiger partial charge in [0.1, 0.15) is 0 Å². The van der Waals surface area contributed by atoms with Gasteiger partial charge >= 0.3 is 5.97 Å². The van der Waals surface area contributed by atoms with Crippen molar-refractivity contribution >= 4 is 36.0 Å². The fourth-order valence-corrected chi connectivity index (χ4v) is 4.93. The minimum Gasteiger partial charge on any atom is -0.505 e. The third-order valence-corrected chi connectivity index (χ3v) is 6.25. The van der Waals surface area contributed by atoms with Crippen LogP contribution in [0.5, 0.6) is 11.5 Å². The highest BCUT2D eigenvalue weighted by molar-refractivity contribution is 9.10. The first kappa shape index (κ1) is 24.9. The molecule has 33 heavy (non-hydrogen) atoms. The van der Waals surface area contributed by atoms with Gasteiger partial charge in [-0.3, -0.25) is 0 Å². The molecule has 1 aliphatic rings. The average Bonchev–Trinajstić information content (AvgIpc) is 2.87. The maximum atomic E-state index is 12.6. The Kier molecular flexibility index (Phi) is 7.30. The van der Waals surface area contributed by atoms with Crippen LogP contribution in [0.15, 0.2) is 56.8 Å². The van der Waals surface area contributed by atoms with Crippen LogP contribution in [0.4, 0.5) is 0 Å². The topological polar surface area (TPSA) is 98.9 Å². The molecule has 0 bridgehead atoms. The van der Waals surface area contributed by atoms with Gasteiger partial charge in [0.15, 0.2) is 25.6 Å². The van der Waals surface area contributed by atoms with Crippen molar-refractivity contribution in [2.75, 3.05) is 20.8 Å². The van der Waals surface area contributed by atoms with Gasteiger partial charge < -0.3 is 23.7 Å². The minimum absolute atomic E-state index is 0.118. The molecule has 1 aliphatic heterocycles. The van der Waals surface area contributed by atoms with E-state index in [9.17, 15) is 9.90 Å². The van der Waals surface area contributed by atoms with E-state index in [2.05, 4.69) is 26.2 Å². The van der Waals surface area contributed by atoms with E-state index in [4.69, 9.17) is 18.6 Å². The zero-order chi connectivity index (χ0) is 24.4. The molecule has 1 unspecified atom stereocenters. The summed E-state index contributed by atoms with van der Waals surface area (Å²) in [5.41, 5.74) is -0.360. The molecule has 10 heteroatoms. The molecule has 2 aromatic carbocycles. The molecule has 0 amide bonds. The number of aliphatic hydroxyl groups is 1. The van der Waals surface area contributed by atoms with Crippen LogP contribution in [0.25, 0.3) is 5.76 Å². The van der Waals surface area contributed by atoms with Crippen molar-refractivity contribution in [3.8, 4) is 11.5 Å². The van der Waals surface area contributed by atoms with Crippen molar-refractivity contribution in [3.63, 3.8) is 0 Å². The number of halogens is 1. The van der Waals surface area contributed by atoms with E-state index in [0.717, 1.165) is 4.47 Å². The summed E-state index contributed by atoms with van der Waals surface area (Å²) in [7, 11) is 0.712. The number of rotatable bonds is 7. The molecule has 0 fully saturated rings. The van der Waals surface area contributed by atoms with Gasteiger partial charge in [0.25, 0.3) is 0 Å². The Hall–Kier alpha value is -2.69. The second-order valence-corrected chi connectivity index (χ2v) is 13.6. The van der Waals surface area contributed by atoms with Crippen LogP contribution >= 0.6 is 15.9 Å². The van der Waals surface area contributed by atoms with Crippen LogP contribution < -0.4 is 9.47 Å². The Morgan fingerprint density at radius 1 is 1.09 bits per heavy atom. The lowest BCUT2D eigenvalue weighted by atomic mass is 9.90. The normalized spacial score (nSPS) is 17.9. The predicted octanol–water partition coefficient (Wildman–Crippen LogP) is 5.77. The van der Waals surface area contributed by atoms with Gasteiger partial charge in [0, 0.05) is 21.2 Å². The van der Waals surface area contributed by atoms with Crippen molar-refractivity contribution in [1.82, 2.24) is 0 Å². The molecule has 0 radical (unpaired) electrons. The molecule has 1 atom stereocenters. The van der Waals surface area contributed by atoms with Crippen LogP contribution in [0.3, 0.4) is 0 Å². The summed E-state index contributed by atoms with van der Waals surface area (Å²) in [6.07, 6.45) is 0. The highest BCUT2D eigenvalue weighted by Gasteiger charge is 2.45. The first-order chi connectivity index (χ1) is 15.6. The highest BCUT2D eigenvalue weighted by Crippen LogP contribution is 2.47. The average molecular weight is 535 g/mol. The summed E-state index contributed by atoms with van der Waals surface area (Å²) in [6.45, 7) is 7.86. The molecular weight excluding hydrogens is 508 g/mol. The zero-order valence-electron chi connectivity index (χ0n) is 19.4. The van der Waals surface area contributed by atoms with Crippen LogP contribution in [0.2, 0.25) is 19.6 Å². The second kappa shape index (κ2) is 9.66. The van der Waals surface area contributed by atoms with E-state index in [0.29, 0.717) is 22.6 Å². The van der Waals surface area contributed by atoms with E-state index >= 15 is 0 Å². The molecule has 0 aromatic heterocycles. The number of aliphatic hydroxyl groups excluding tert-OH is 1. The third kappa shape index (κ3) is 4.97. The number of methoxy groups -OCH3 is 2. The summed E-state index contributed by atoms with van der Waals surface area (Å²) in [6, 6.07) is 10.7. The summed E-state index contributed by atoms with van der Waals surface area (Å²) in [5.74, 6) is -0.393. The number of carbonyl (C=O) groups excluding carboxylic acids is 1. The molecule has 0 spiro atoms. The number of azo groups is 1. The van der Waals surface area contributed by atoms with Crippen molar-refractivity contribution < 1.29 is 28.5 Å². The molecule has 0 saturated heterocycles. The number of esters is 1. The fraction of sp³-hybridized carbons (Fsp3) is 0.348. The number of hydrogen-bond acceptors (Lipinski definition) is 8. The molecule has 2 aromatic rings. The quantitative estimate of drug-likeness (QED) is 0.357. The van der Waals surface area contributed by atoms with Gasteiger partial charge in [0.05, 0.1) is 20.8 Å². The monoisotopic (exact) mass is 534 g/mol. The lowest BCUT2D eigenvalue weighted by Crippen LogP contribution is -2.40. The van der Waals surface area contributed by atoms with Crippen molar-refractivity contribution in [2.24, 2.45) is 10.2 Å². The number of benzene rings is 2. The Morgan fingerprint density at radius 2 is 1.70 bits per heavy atom. The smallest absolute Gasteiger partial charge is 0.362 e. The SMILES string of the molecule is CCOC(=O)C1=C(O)c2cc(OC)c(OC)cc2C(O[Si](C)(C)C)(c2ccc(Br)cc2)N=N1. The standard InChI is InChI=1S/C23H27BrN2O6Si/c1-7-31-22(28)20-21(27)16-12-18(29-2)19(30-3)13-17(16)23(26-25-20,32-33(4,5)6)14-8-10-15(24)11-9-14/h8-13,27H,7H2,1-6H3. The van der Waals surface area contributed by atoms with Crippen molar-refractivity contribution in [1.29, 1.82) is 0 Å². The lowest BCUT2D eigenvalue weighted by molar-refractivity contribution is -0.138. The second-order valence-electron chi connectivity index (χ2n) is 8.24. The van der Waals surface area contributed by atoms with Crippen LogP contribution in [0, 0.1) is 0 Å². The molecule has 8 nitrogen and oxygen atoms in total. The van der Waals surface area contributed by atoms with Gasteiger partial charge in [-0.05, 0) is 50.8 Å². The van der Waals surface area contributed by atoms with Gasteiger partial charge in [-0.1, -0.05) is 28.1 Å². The van der Waals surface area contributed by atoms with Gasteiger partial charge in [-0.15, -0.1) is 10.2 Å². The summed E-state index contributed by atoms with van der Waals surface area (Å²) in [4.78, 5) is 12.6. The fourth-order valence-electron chi connectivity index (χ4n) is 3.51. The van der Waals surface area contributed by atoms with Crippen LogP contribution in [-0.4, -0.2) is 40.2 Å². The Balaban J connectivity index is 2.45. The van der Waals surface area contributed by atoms with E-state index in [-0.39, 0.29) is 23.6 Å². The molecule has 1 N–H and O–H groups in total. The lowest BCUT2D eigenvalue weighted by Gasteiger charge is -2.36. The number of ether oxygens (including phenoxy) is 3. The van der Waals surface area contributed by atoms with Gasteiger partial charge in [-0.25, -0.2) is 4.79 Å². The number of fused-ring (bicyclic) bond motifs is 1. The Morgan fingerprint density at radius 3 is 2.24 bits per heavy atom. The first-order valence-electron chi connectivity index (χ1n) is 10.3. The summed E-state index contributed by atoms with van der Waals surface area (Å²) >= 11 is 3.46. The van der Waals surface area contributed by atoms with E-state index < -0.39 is 20.0 Å². The van der Waals surface area contributed by atoms with Crippen molar-refractivity contribution in [2.45, 2.75) is 32.3 Å². The highest BCUT2D eigenvalue weighted by atomic mass is 79.9. The number of nitrogens with zero attached hydrogens (tertiary/aromatic N) is 2. The first-order valence-corrected chi connectivity index (χ1v) is 14.5. The molecule has 1 heterocycles. The summed E-state index contributed by atoms with van der Waals surface area (Å²) < 4.78 is 23.7.